The molecular weight excluding hydrogens is 603 g/mol. The minimum absolute atomic E-state index is 0.157. The molecule has 0 fully saturated rings. The van der Waals surface area contributed by atoms with Gasteiger partial charge in [0.2, 0.25) is 0 Å². The summed E-state index contributed by atoms with van der Waals surface area (Å²) in [5.41, 5.74) is 5.33. The Bertz CT molecular complexity index is 1540. The van der Waals surface area contributed by atoms with Crippen molar-refractivity contribution in [3.05, 3.63) is 110 Å². The van der Waals surface area contributed by atoms with E-state index in [1.165, 1.54) is 0 Å². The lowest BCUT2D eigenvalue weighted by atomic mass is 9.93. The Hall–Kier alpha value is -3.10. The number of benzene rings is 3. The van der Waals surface area contributed by atoms with E-state index in [0.29, 0.717) is 36.2 Å². The second-order valence-electron chi connectivity index (χ2n) is 10.7. The van der Waals surface area contributed by atoms with Crippen LogP contribution in [0.2, 0.25) is 10.0 Å². The first kappa shape index (κ1) is 31.3. The summed E-state index contributed by atoms with van der Waals surface area (Å²) in [6.45, 7) is 10.2. The van der Waals surface area contributed by atoms with Crippen LogP contribution in [0, 0.1) is 0 Å². The Morgan fingerprint density at radius 2 is 1.79 bits per heavy atom. The molecule has 0 spiro atoms. The zero-order valence-electron chi connectivity index (χ0n) is 24.8. The van der Waals surface area contributed by atoms with Crippen molar-refractivity contribution in [2.24, 2.45) is 0 Å². The SMILES string of the molecule is CCN/C(C)=C/C=C(\C)SN1Cc2cc3c(cc2CC1C(C)=O)OCC(c1ccc(OCc2ccc(Cl)c(Cl)c2)cc1)O3. The normalized spacial score (nSPS) is 18.7. The van der Waals surface area contributed by atoms with E-state index in [2.05, 4.69) is 41.7 Å². The number of nitrogens with zero attached hydrogens (tertiary/aromatic N) is 1. The molecule has 0 radical (unpaired) electrons. The Balaban J connectivity index is 1.26. The number of ether oxygens (including phenoxy) is 3. The van der Waals surface area contributed by atoms with Crippen molar-refractivity contribution in [3.8, 4) is 17.2 Å². The van der Waals surface area contributed by atoms with Crippen LogP contribution in [0.25, 0.3) is 0 Å². The molecule has 1 N–H and O–H groups in total. The van der Waals surface area contributed by atoms with Gasteiger partial charge in [0.1, 0.15) is 24.7 Å². The minimum Gasteiger partial charge on any atom is -0.489 e. The van der Waals surface area contributed by atoms with E-state index in [9.17, 15) is 4.79 Å². The van der Waals surface area contributed by atoms with E-state index in [-0.39, 0.29) is 17.9 Å². The zero-order valence-corrected chi connectivity index (χ0v) is 27.1. The van der Waals surface area contributed by atoms with E-state index < -0.39 is 0 Å². The number of hydrogen-bond donors (Lipinski definition) is 1. The number of carbonyl (C=O) groups excluding carboxylic acids is 1. The topological polar surface area (TPSA) is 60.0 Å². The summed E-state index contributed by atoms with van der Waals surface area (Å²) >= 11 is 13.8. The molecule has 5 rings (SSSR count). The first-order valence-electron chi connectivity index (χ1n) is 14.4. The molecule has 3 aromatic carbocycles. The Morgan fingerprint density at radius 1 is 1.02 bits per heavy atom. The summed E-state index contributed by atoms with van der Waals surface area (Å²) in [6.07, 6.45) is 4.56. The van der Waals surface area contributed by atoms with E-state index in [1.807, 2.05) is 49.4 Å². The molecule has 226 valence electrons. The first-order chi connectivity index (χ1) is 20.7. The fourth-order valence-electron chi connectivity index (χ4n) is 5.10. The van der Waals surface area contributed by atoms with Crippen molar-refractivity contribution in [3.63, 3.8) is 0 Å². The van der Waals surface area contributed by atoms with Gasteiger partial charge in [0.05, 0.1) is 16.1 Å². The average Bonchev–Trinajstić information content (AvgIpc) is 2.99. The van der Waals surface area contributed by atoms with E-state index in [4.69, 9.17) is 37.4 Å². The number of halogens is 2. The average molecular weight is 640 g/mol. The van der Waals surface area contributed by atoms with Gasteiger partial charge in [-0.25, -0.2) is 4.31 Å². The monoisotopic (exact) mass is 638 g/mol. The van der Waals surface area contributed by atoms with Crippen LogP contribution in [0.15, 0.2) is 77.4 Å². The standard InChI is InChI=1S/C34H36Cl2N2O4S/c1-5-37-21(2)6-7-22(3)43-38-18-27-17-33-32(16-26(27)15-31(38)23(4)39)41-20-34(42-33)25-9-11-28(12-10-25)40-19-24-8-13-29(35)30(36)14-24/h6-14,16-17,31,34,37H,5,15,18-20H2,1-4H3/b21-6+,22-7+. The smallest absolute Gasteiger partial charge is 0.162 e. The molecule has 6 nitrogen and oxygen atoms in total. The van der Waals surface area contributed by atoms with Gasteiger partial charge in [0, 0.05) is 18.8 Å². The summed E-state index contributed by atoms with van der Waals surface area (Å²) < 4.78 is 20.7. The van der Waals surface area contributed by atoms with Gasteiger partial charge in [-0.15, -0.1) is 0 Å². The second-order valence-corrected chi connectivity index (χ2v) is 12.9. The number of fused-ring (bicyclic) bond motifs is 2. The Labute approximate surface area is 268 Å². The highest BCUT2D eigenvalue weighted by Gasteiger charge is 2.33. The van der Waals surface area contributed by atoms with Crippen LogP contribution in [-0.2, 0) is 24.4 Å². The van der Waals surface area contributed by atoms with E-state index in [0.717, 1.165) is 56.6 Å². The van der Waals surface area contributed by atoms with E-state index in [1.54, 1.807) is 24.9 Å². The third-order valence-corrected chi connectivity index (χ3v) is 9.19. The molecule has 2 heterocycles. The third kappa shape index (κ3) is 7.90. The molecule has 3 aromatic rings. The number of allylic oxidation sites excluding steroid dienone is 4. The highest BCUT2D eigenvalue weighted by Crippen LogP contribution is 2.42. The van der Waals surface area contributed by atoms with E-state index >= 15 is 0 Å². The maximum absolute atomic E-state index is 12.6. The molecule has 0 amide bonds. The minimum atomic E-state index is -0.245. The second kappa shape index (κ2) is 14.1. The van der Waals surface area contributed by atoms with Crippen LogP contribution in [0.3, 0.4) is 0 Å². The molecule has 0 aromatic heterocycles. The lowest BCUT2D eigenvalue weighted by Gasteiger charge is -2.36. The van der Waals surface area contributed by atoms with Crippen molar-refractivity contribution >= 4 is 40.9 Å². The quantitative estimate of drug-likeness (QED) is 0.176. The molecule has 2 aliphatic rings. The molecule has 2 aliphatic heterocycles. The number of nitrogens with one attached hydrogen (secondary N) is 1. The number of rotatable bonds is 10. The maximum atomic E-state index is 12.6. The molecular formula is C34H36Cl2N2O4S. The predicted molar refractivity (Wildman–Crippen MR) is 175 cm³/mol. The Morgan fingerprint density at radius 3 is 2.51 bits per heavy atom. The summed E-state index contributed by atoms with van der Waals surface area (Å²) in [5, 5.41) is 4.34. The fraction of sp³-hybridized carbons (Fsp3) is 0.324. The van der Waals surface area contributed by atoms with Gasteiger partial charge in [-0.1, -0.05) is 41.4 Å². The van der Waals surface area contributed by atoms with Crippen molar-refractivity contribution in [1.29, 1.82) is 0 Å². The van der Waals surface area contributed by atoms with Crippen LogP contribution in [0.1, 0.15) is 56.1 Å². The van der Waals surface area contributed by atoms with Gasteiger partial charge < -0.3 is 19.5 Å². The van der Waals surface area contributed by atoms with Crippen molar-refractivity contribution < 1.29 is 19.0 Å². The van der Waals surface area contributed by atoms with Crippen LogP contribution in [0.4, 0.5) is 0 Å². The third-order valence-electron chi connectivity index (χ3n) is 7.41. The Kier molecular flexibility index (Phi) is 10.3. The summed E-state index contributed by atoms with van der Waals surface area (Å²) in [4.78, 5) is 13.8. The first-order valence-corrected chi connectivity index (χ1v) is 15.9. The van der Waals surface area contributed by atoms with Gasteiger partial charge in [-0.05, 0) is 122 Å². The van der Waals surface area contributed by atoms with Crippen molar-refractivity contribution in [2.45, 2.75) is 59.4 Å². The fourth-order valence-corrected chi connectivity index (χ4v) is 6.48. The molecule has 2 unspecified atom stereocenters. The lowest BCUT2D eigenvalue weighted by Crippen LogP contribution is -2.40. The van der Waals surface area contributed by atoms with Gasteiger partial charge in [0.25, 0.3) is 0 Å². The molecule has 2 atom stereocenters. The number of hydrogen-bond acceptors (Lipinski definition) is 7. The lowest BCUT2D eigenvalue weighted by molar-refractivity contribution is -0.120. The van der Waals surface area contributed by atoms with Gasteiger partial charge in [0.15, 0.2) is 17.6 Å². The van der Waals surface area contributed by atoms with Crippen LogP contribution in [-0.4, -0.2) is 29.3 Å². The summed E-state index contributed by atoms with van der Waals surface area (Å²) in [5.74, 6) is 2.35. The van der Waals surface area contributed by atoms with Gasteiger partial charge >= 0.3 is 0 Å². The molecule has 0 saturated carbocycles. The van der Waals surface area contributed by atoms with Gasteiger partial charge in [-0.2, -0.15) is 0 Å². The molecule has 0 bridgehead atoms. The number of Topliss-reactive ketones (excluding diaryl/α,β-unsaturated/α-hetero) is 1. The maximum Gasteiger partial charge on any atom is 0.162 e. The van der Waals surface area contributed by atoms with Crippen LogP contribution < -0.4 is 19.5 Å². The molecule has 43 heavy (non-hydrogen) atoms. The van der Waals surface area contributed by atoms with Crippen molar-refractivity contribution in [1.82, 2.24) is 9.62 Å². The molecule has 0 saturated heterocycles. The summed E-state index contributed by atoms with van der Waals surface area (Å²) in [6, 6.07) is 17.2. The largest absolute Gasteiger partial charge is 0.489 e. The van der Waals surface area contributed by atoms with Gasteiger partial charge in [-0.3, -0.25) is 4.79 Å². The number of ketones is 1. The zero-order chi connectivity index (χ0) is 30.5. The number of carbonyl (C=O) groups is 1. The van der Waals surface area contributed by atoms with Crippen molar-refractivity contribution in [2.75, 3.05) is 13.2 Å². The summed E-state index contributed by atoms with van der Waals surface area (Å²) in [7, 11) is 0. The molecule has 9 heteroatoms. The van der Waals surface area contributed by atoms with Crippen LogP contribution >= 0.6 is 35.1 Å². The predicted octanol–water partition coefficient (Wildman–Crippen LogP) is 8.47. The van der Waals surface area contributed by atoms with Crippen LogP contribution in [0.5, 0.6) is 17.2 Å². The molecule has 0 aliphatic carbocycles. The highest BCUT2D eigenvalue weighted by molar-refractivity contribution is 8.00. The highest BCUT2D eigenvalue weighted by atomic mass is 35.5.